The number of thiophene rings is 1. The second kappa shape index (κ2) is 4.56. The molecule has 1 unspecified atom stereocenters. The number of rotatable bonds is 0. The number of nitrogens with one attached hydrogen (secondary N) is 2. The number of fused-ring (bicyclic) bond motifs is 5. The number of anilines is 1. The predicted molar refractivity (Wildman–Crippen MR) is 84.8 cm³/mol. The Bertz CT molecular complexity index is 846. The average molecular weight is 301 g/mol. The van der Waals surface area contributed by atoms with E-state index in [1.54, 1.807) is 17.4 Å². The lowest BCUT2D eigenvalue weighted by atomic mass is 10.1. The fraction of sp³-hybridized carbons (Fsp3) is 0.267. The molecule has 4 N–H and O–H groups in total. The third-order valence-corrected chi connectivity index (χ3v) is 5.02. The summed E-state index contributed by atoms with van der Waals surface area (Å²) >= 11 is 1.58. The summed E-state index contributed by atoms with van der Waals surface area (Å²) in [7, 11) is 0. The standard InChI is InChI=1S/C15H15N3O2S/c1-7-6-16-13-12-8-2-5-11(19)18-9(8)3-4-10(12)21-14(13)15(20)17-7/h2-5,7,15-17,20H,6H2,1H3,(H,18,19)/t7-,15?/m1/s1. The van der Waals surface area contributed by atoms with Crippen LogP contribution in [0.4, 0.5) is 5.69 Å². The van der Waals surface area contributed by atoms with Crippen molar-refractivity contribution in [1.82, 2.24) is 10.3 Å². The van der Waals surface area contributed by atoms with E-state index in [1.807, 2.05) is 25.1 Å². The number of pyridine rings is 1. The minimum Gasteiger partial charge on any atom is -0.493 e. The minimum atomic E-state index is -0.664. The summed E-state index contributed by atoms with van der Waals surface area (Å²) in [6.45, 7) is 2.78. The number of hydrogen-bond acceptors (Lipinski definition) is 6. The molecule has 2 aromatic heterocycles. The number of aliphatic hydroxyl groups is 1. The Morgan fingerprint density at radius 3 is 3.00 bits per heavy atom. The van der Waals surface area contributed by atoms with E-state index in [1.165, 1.54) is 0 Å². The second-order valence-corrected chi connectivity index (χ2v) is 6.45. The molecule has 1 aromatic carbocycles. The van der Waals surface area contributed by atoms with E-state index in [0.717, 1.165) is 38.1 Å². The third kappa shape index (κ3) is 1.95. The highest BCUT2D eigenvalue weighted by atomic mass is 32.1. The van der Waals surface area contributed by atoms with E-state index in [0.29, 0.717) is 0 Å². The lowest BCUT2D eigenvalue weighted by Gasteiger charge is -2.13. The van der Waals surface area contributed by atoms with Crippen LogP contribution in [0.15, 0.2) is 24.3 Å². The Kier molecular flexibility index (Phi) is 2.78. The molecule has 3 aromatic rings. The van der Waals surface area contributed by atoms with Crippen LogP contribution in [0, 0.1) is 0 Å². The van der Waals surface area contributed by atoms with E-state index >= 15 is 0 Å². The Labute approximate surface area is 125 Å². The number of aliphatic hydroxyl groups excluding tert-OH is 1. The van der Waals surface area contributed by atoms with Crippen LogP contribution in [0.5, 0.6) is 5.88 Å². The van der Waals surface area contributed by atoms with E-state index in [4.69, 9.17) is 0 Å². The number of hydrogen-bond donors (Lipinski definition) is 4. The topological polar surface area (TPSA) is 77.4 Å². The lowest BCUT2D eigenvalue weighted by molar-refractivity contribution is 0.134. The summed E-state index contributed by atoms with van der Waals surface area (Å²) in [5.41, 5.74) is 1.72. The molecule has 1 aliphatic heterocycles. The zero-order valence-electron chi connectivity index (χ0n) is 11.4. The van der Waals surface area contributed by atoms with Crippen molar-refractivity contribution >= 4 is 38.0 Å². The fourth-order valence-electron chi connectivity index (χ4n) is 2.84. The van der Waals surface area contributed by atoms with Crippen molar-refractivity contribution in [3.05, 3.63) is 29.1 Å². The molecule has 0 amide bonds. The van der Waals surface area contributed by atoms with Crippen LogP contribution in [-0.2, 0) is 0 Å². The highest BCUT2D eigenvalue weighted by molar-refractivity contribution is 7.20. The van der Waals surface area contributed by atoms with Crippen LogP contribution < -0.4 is 10.6 Å². The van der Waals surface area contributed by atoms with Gasteiger partial charge in [-0.05, 0) is 25.1 Å². The van der Waals surface area contributed by atoms with Gasteiger partial charge in [0, 0.05) is 34.1 Å². The normalized spacial score (nSPS) is 22.0. The van der Waals surface area contributed by atoms with E-state index in [-0.39, 0.29) is 11.9 Å². The quantitative estimate of drug-likeness (QED) is 0.513. The van der Waals surface area contributed by atoms with Crippen LogP contribution in [-0.4, -0.2) is 27.8 Å². The molecular weight excluding hydrogens is 286 g/mol. The van der Waals surface area contributed by atoms with Crippen LogP contribution in [0.3, 0.4) is 0 Å². The Balaban J connectivity index is 2.05. The van der Waals surface area contributed by atoms with Crippen molar-refractivity contribution in [2.45, 2.75) is 19.2 Å². The molecular formula is C15H15N3O2S. The van der Waals surface area contributed by atoms with Gasteiger partial charge in [0.2, 0.25) is 5.88 Å². The van der Waals surface area contributed by atoms with Crippen LogP contribution >= 0.6 is 11.3 Å². The minimum absolute atomic E-state index is 0.0199. The predicted octanol–water partition coefficient (Wildman–Crippen LogP) is 2.55. The van der Waals surface area contributed by atoms with E-state index < -0.39 is 6.23 Å². The molecule has 0 saturated heterocycles. The summed E-state index contributed by atoms with van der Waals surface area (Å²) < 4.78 is 1.10. The Morgan fingerprint density at radius 1 is 1.29 bits per heavy atom. The molecule has 3 heterocycles. The van der Waals surface area contributed by atoms with Gasteiger partial charge in [-0.3, -0.25) is 5.32 Å². The molecule has 0 fully saturated rings. The van der Waals surface area contributed by atoms with Gasteiger partial charge in [-0.15, -0.1) is 11.3 Å². The summed E-state index contributed by atoms with van der Waals surface area (Å²) in [6.07, 6.45) is -0.664. The molecule has 108 valence electrons. The first-order chi connectivity index (χ1) is 10.1. The molecule has 6 heteroatoms. The Morgan fingerprint density at radius 2 is 2.14 bits per heavy atom. The smallest absolute Gasteiger partial charge is 0.211 e. The molecule has 0 saturated carbocycles. The number of aromatic nitrogens is 1. The van der Waals surface area contributed by atoms with Crippen molar-refractivity contribution in [3.63, 3.8) is 0 Å². The lowest BCUT2D eigenvalue weighted by Crippen LogP contribution is -2.32. The van der Waals surface area contributed by atoms with Gasteiger partial charge in [0.25, 0.3) is 0 Å². The van der Waals surface area contributed by atoms with Crippen LogP contribution in [0.25, 0.3) is 21.0 Å². The molecule has 4 rings (SSSR count). The zero-order valence-corrected chi connectivity index (χ0v) is 12.2. The molecule has 5 nitrogen and oxygen atoms in total. The van der Waals surface area contributed by atoms with Crippen molar-refractivity contribution < 1.29 is 10.2 Å². The molecule has 1 aliphatic rings. The molecule has 0 spiro atoms. The summed E-state index contributed by atoms with van der Waals surface area (Å²) in [5, 5.41) is 28.5. The van der Waals surface area contributed by atoms with E-state index in [2.05, 4.69) is 15.6 Å². The maximum Gasteiger partial charge on any atom is 0.211 e. The largest absolute Gasteiger partial charge is 0.493 e. The van der Waals surface area contributed by atoms with Gasteiger partial charge in [0.15, 0.2) is 0 Å². The van der Waals surface area contributed by atoms with Crippen LogP contribution in [0.1, 0.15) is 18.0 Å². The van der Waals surface area contributed by atoms with E-state index in [9.17, 15) is 10.2 Å². The molecule has 0 bridgehead atoms. The van der Waals surface area contributed by atoms with Crippen molar-refractivity contribution in [2.75, 3.05) is 11.9 Å². The number of benzene rings is 1. The monoisotopic (exact) mass is 301 g/mol. The summed E-state index contributed by atoms with van der Waals surface area (Å²) in [5.74, 6) is 0.0199. The zero-order chi connectivity index (χ0) is 14.6. The fourth-order valence-corrected chi connectivity index (χ4v) is 3.98. The highest BCUT2D eigenvalue weighted by Gasteiger charge is 2.24. The first-order valence-corrected chi connectivity index (χ1v) is 7.68. The van der Waals surface area contributed by atoms with Crippen molar-refractivity contribution in [1.29, 1.82) is 0 Å². The van der Waals surface area contributed by atoms with Gasteiger partial charge < -0.3 is 15.5 Å². The number of aromatic hydroxyl groups is 1. The van der Waals surface area contributed by atoms with Gasteiger partial charge in [0.1, 0.15) is 6.23 Å². The first kappa shape index (κ1) is 12.8. The Hall–Kier alpha value is -1.89. The van der Waals surface area contributed by atoms with Gasteiger partial charge in [-0.1, -0.05) is 0 Å². The molecule has 21 heavy (non-hydrogen) atoms. The number of nitrogens with zero attached hydrogens (tertiary/aromatic N) is 1. The third-order valence-electron chi connectivity index (χ3n) is 3.81. The maximum absolute atomic E-state index is 10.3. The first-order valence-electron chi connectivity index (χ1n) is 6.86. The SMILES string of the molecule is C[C@@H]1CNc2c(sc3ccc4nc(O)ccc4c23)C(O)N1. The van der Waals surface area contributed by atoms with Gasteiger partial charge >= 0.3 is 0 Å². The van der Waals surface area contributed by atoms with Gasteiger partial charge in [0.05, 0.1) is 16.1 Å². The molecule has 2 atom stereocenters. The summed E-state index contributed by atoms with van der Waals surface area (Å²) in [4.78, 5) is 5.06. The highest BCUT2D eigenvalue weighted by Crippen LogP contribution is 2.43. The van der Waals surface area contributed by atoms with Crippen LogP contribution in [0.2, 0.25) is 0 Å². The second-order valence-electron chi connectivity index (χ2n) is 5.37. The average Bonchev–Trinajstić information content (AvgIpc) is 2.77. The van der Waals surface area contributed by atoms with Gasteiger partial charge in [-0.25, -0.2) is 4.98 Å². The van der Waals surface area contributed by atoms with Gasteiger partial charge in [-0.2, -0.15) is 0 Å². The molecule has 0 aliphatic carbocycles. The maximum atomic E-state index is 10.3. The van der Waals surface area contributed by atoms with Crippen molar-refractivity contribution in [3.8, 4) is 5.88 Å². The molecule has 0 radical (unpaired) electrons. The summed E-state index contributed by atoms with van der Waals surface area (Å²) in [6, 6.07) is 7.55. The van der Waals surface area contributed by atoms with Crippen molar-refractivity contribution in [2.24, 2.45) is 0 Å².